The van der Waals surface area contributed by atoms with Gasteiger partial charge in [-0.3, -0.25) is 0 Å². The first-order valence-electron chi connectivity index (χ1n) is 9.34. The Morgan fingerprint density at radius 3 is 2.57 bits per heavy atom. The van der Waals surface area contributed by atoms with E-state index in [4.69, 9.17) is 4.74 Å². The van der Waals surface area contributed by atoms with Gasteiger partial charge >= 0.3 is 0 Å². The van der Waals surface area contributed by atoms with Gasteiger partial charge in [-0.15, -0.1) is 0 Å². The summed E-state index contributed by atoms with van der Waals surface area (Å²) < 4.78 is 6.20. The molecule has 3 aliphatic rings. The maximum Gasteiger partial charge on any atom is 0.0697 e. The Morgan fingerprint density at radius 1 is 1.19 bits per heavy atom. The van der Waals surface area contributed by atoms with Crippen molar-refractivity contribution in [3.05, 3.63) is 0 Å². The lowest BCUT2D eigenvalue weighted by atomic mass is 9.85. The van der Waals surface area contributed by atoms with Crippen LogP contribution in [0.2, 0.25) is 0 Å². The third kappa shape index (κ3) is 3.62. The van der Waals surface area contributed by atoms with Crippen LogP contribution >= 0.6 is 0 Å². The third-order valence-corrected chi connectivity index (χ3v) is 6.31. The first-order valence-corrected chi connectivity index (χ1v) is 9.34. The molecule has 2 atom stereocenters. The van der Waals surface area contributed by atoms with Gasteiger partial charge in [-0.05, 0) is 71.0 Å². The van der Waals surface area contributed by atoms with E-state index in [0.717, 1.165) is 25.1 Å². The van der Waals surface area contributed by atoms with Crippen molar-refractivity contribution in [2.24, 2.45) is 5.92 Å². The van der Waals surface area contributed by atoms with E-state index < -0.39 is 0 Å². The molecule has 21 heavy (non-hydrogen) atoms. The van der Waals surface area contributed by atoms with E-state index in [-0.39, 0.29) is 5.60 Å². The van der Waals surface area contributed by atoms with E-state index in [0.29, 0.717) is 6.04 Å². The molecule has 1 N–H and O–H groups in total. The maximum atomic E-state index is 6.20. The summed E-state index contributed by atoms with van der Waals surface area (Å²) in [5.74, 6) is 0.876. The van der Waals surface area contributed by atoms with Crippen molar-refractivity contribution in [2.45, 2.75) is 82.9 Å². The van der Waals surface area contributed by atoms with Crippen LogP contribution in [0.4, 0.5) is 0 Å². The fourth-order valence-electron chi connectivity index (χ4n) is 4.95. The van der Waals surface area contributed by atoms with Gasteiger partial charge in [-0.1, -0.05) is 19.8 Å². The second-order valence-corrected chi connectivity index (χ2v) is 7.60. The summed E-state index contributed by atoms with van der Waals surface area (Å²) in [7, 11) is 0. The first kappa shape index (κ1) is 15.8. The van der Waals surface area contributed by atoms with Crippen molar-refractivity contribution >= 4 is 0 Å². The van der Waals surface area contributed by atoms with Crippen LogP contribution in [0, 0.1) is 5.92 Å². The van der Waals surface area contributed by atoms with E-state index in [9.17, 15) is 0 Å². The van der Waals surface area contributed by atoms with Gasteiger partial charge in [0.1, 0.15) is 0 Å². The van der Waals surface area contributed by atoms with Crippen molar-refractivity contribution in [2.75, 3.05) is 26.2 Å². The molecule has 0 aromatic heterocycles. The molecule has 0 aromatic rings. The van der Waals surface area contributed by atoms with Gasteiger partial charge in [0.2, 0.25) is 0 Å². The summed E-state index contributed by atoms with van der Waals surface area (Å²) in [5.41, 5.74) is 0.275. The Labute approximate surface area is 130 Å². The highest BCUT2D eigenvalue weighted by Crippen LogP contribution is 2.41. The second kappa shape index (κ2) is 6.97. The van der Waals surface area contributed by atoms with Crippen LogP contribution in [0.3, 0.4) is 0 Å². The van der Waals surface area contributed by atoms with Gasteiger partial charge < -0.3 is 15.0 Å². The van der Waals surface area contributed by atoms with Crippen LogP contribution < -0.4 is 5.32 Å². The molecule has 0 amide bonds. The van der Waals surface area contributed by atoms with Crippen LogP contribution in [0.1, 0.15) is 65.2 Å². The summed E-state index contributed by atoms with van der Waals surface area (Å²) in [5, 5.41) is 3.61. The highest BCUT2D eigenvalue weighted by atomic mass is 16.5. The molecule has 2 saturated heterocycles. The average molecular weight is 294 g/mol. The van der Waals surface area contributed by atoms with E-state index >= 15 is 0 Å². The van der Waals surface area contributed by atoms with Crippen LogP contribution in [-0.4, -0.2) is 48.8 Å². The molecular formula is C18H34N2O. The molecule has 3 heteroatoms. The van der Waals surface area contributed by atoms with Crippen LogP contribution in [0.25, 0.3) is 0 Å². The van der Waals surface area contributed by atoms with Crippen molar-refractivity contribution in [3.63, 3.8) is 0 Å². The molecule has 122 valence electrons. The van der Waals surface area contributed by atoms with Crippen LogP contribution in [0.15, 0.2) is 0 Å². The van der Waals surface area contributed by atoms with Crippen molar-refractivity contribution in [1.29, 1.82) is 0 Å². The van der Waals surface area contributed by atoms with Gasteiger partial charge in [0.25, 0.3) is 0 Å². The zero-order valence-corrected chi connectivity index (χ0v) is 14.1. The highest BCUT2D eigenvalue weighted by molar-refractivity contribution is 4.95. The molecule has 2 heterocycles. The van der Waals surface area contributed by atoms with Crippen molar-refractivity contribution in [1.82, 2.24) is 10.2 Å². The fraction of sp³-hybridized carbons (Fsp3) is 1.00. The minimum atomic E-state index is 0.275. The van der Waals surface area contributed by atoms with Crippen molar-refractivity contribution < 1.29 is 4.74 Å². The van der Waals surface area contributed by atoms with Gasteiger partial charge in [0.15, 0.2) is 0 Å². The van der Waals surface area contributed by atoms with Crippen molar-refractivity contribution in [3.8, 4) is 0 Å². The number of nitrogens with zero attached hydrogens (tertiary/aromatic N) is 1. The number of nitrogens with one attached hydrogen (secondary N) is 1. The number of hydrogen-bond donors (Lipinski definition) is 1. The molecule has 0 aromatic carbocycles. The molecular weight excluding hydrogens is 260 g/mol. The SMILES string of the molecule is CCNC(C)C1CCN(C2CCOC3(CCCC3)C2)CC1. The highest BCUT2D eigenvalue weighted by Gasteiger charge is 2.42. The maximum absolute atomic E-state index is 6.20. The molecule has 0 radical (unpaired) electrons. The lowest BCUT2D eigenvalue weighted by molar-refractivity contribution is -0.105. The van der Waals surface area contributed by atoms with Gasteiger partial charge in [-0.25, -0.2) is 0 Å². The number of piperidine rings is 1. The summed E-state index contributed by atoms with van der Waals surface area (Å²) in [6, 6.07) is 1.49. The molecule has 2 aliphatic heterocycles. The normalized spacial score (nSPS) is 32.6. The molecule has 0 bridgehead atoms. The van der Waals surface area contributed by atoms with Crippen LogP contribution in [-0.2, 0) is 4.74 Å². The fourth-order valence-corrected chi connectivity index (χ4v) is 4.95. The Morgan fingerprint density at radius 2 is 1.90 bits per heavy atom. The molecule has 3 nitrogen and oxygen atoms in total. The minimum Gasteiger partial charge on any atom is -0.375 e. The van der Waals surface area contributed by atoms with Crippen LogP contribution in [0.5, 0.6) is 0 Å². The number of rotatable bonds is 4. The zero-order chi connectivity index (χ0) is 14.7. The monoisotopic (exact) mass is 294 g/mol. The summed E-state index contributed by atoms with van der Waals surface area (Å²) >= 11 is 0. The summed E-state index contributed by atoms with van der Waals surface area (Å²) in [4.78, 5) is 2.79. The van der Waals surface area contributed by atoms with E-state index in [2.05, 4.69) is 24.1 Å². The Hall–Kier alpha value is -0.120. The first-order chi connectivity index (χ1) is 10.2. The van der Waals surface area contributed by atoms with E-state index in [1.165, 1.54) is 64.5 Å². The molecule has 3 fully saturated rings. The average Bonchev–Trinajstić information content (AvgIpc) is 2.95. The molecule has 1 aliphatic carbocycles. The largest absolute Gasteiger partial charge is 0.375 e. The van der Waals surface area contributed by atoms with Gasteiger partial charge in [0, 0.05) is 18.7 Å². The lowest BCUT2D eigenvalue weighted by Gasteiger charge is -2.45. The topological polar surface area (TPSA) is 24.5 Å². The Balaban J connectivity index is 1.50. The van der Waals surface area contributed by atoms with Gasteiger partial charge in [-0.2, -0.15) is 0 Å². The van der Waals surface area contributed by atoms with Gasteiger partial charge in [0.05, 0.1) is 5.60 Å². The molecule has 2 unspecified atom stereocenters. The van der Waals surface area contributed by atoms with E-state index in [1.807, 2.05) is 0 Å². The summed E-state index contributed by atoms with van der Waals surface area (Å²) in [6.45, 7) is 9.30. The lowest BCUT2D eigenvalue weighted by Crippen LogP contribution is -2.51. The number of hydrogen-bond acceptors (Lipinski definition) is 3. The molecule has 1 spiro atoms. The Bertz CT molecular complexity index is 319. The third-order valence-electron chi connectivity index (χ3n) is 6.31. The quantitative estimate of drug-likeness (QED) is 0.862. The number of ether oxygens (including phenoxy) is 1. The zero-order valence-electron chi connectivity index (χ0n) is 14.1. The smallest absolute Gasteiger partial charge is 0.0697 e. The molecule has 3 rings (SSSR count). The summed E-state index contributed by atoms with van der Waals surface area (Å²) in [6.07, 6.45) is 10.7. The minimum absolute atomic E-state index is 0.275. The molecule has 1 saturated carbocycles. The van der Waals surface area contributed by atoms with E-state index in [1.54, 1.807) is 0 Å². The standard InChI is InChI=1S/C18H34N2O/c1-3-19-15(2)16-6-11-20(12-7-16)17-8-13-21-18(14-17)9-4-5-10-18/h15-17,19H,3-14H2,1-2H3. The second-order valence-electron chi connectivity index (χ2n) is 7.60. The number of likely N-dealkylation sites (tertiary alicyclic amines) is 1. The Kier molecular flexibility index (Phi) is 5.23. The predicted molar refractivity (Wildman–Crippen MR) is 87.6 cm³/mol. The predicted octanol–water partition coefficient (Wildman–Crippen LogP) is 3.19.